The first-order chi connectivity index (χ1) is 6.27. The predicted molar refractivity (Wildman–Crippen MR) is 45.7 cm³/mol. The molecule has 0 bridgehead atoms. The molecule has 76 valence electrons. The standard InChI is InChI=1S/C8H15FN2O2/c1-10-7-2-4-11(5-3-7)8(12)6-13-9/h7,10H,2-6H2,1H3. The monoisotopic (exact) mass is 190 g/mol. The van der Waals surface area contributed by atoms with Crippen molar-refractivity contribution < 1.29 is 14.3 Å². The van der Waals surface area contributed by atoms with Crippen LogP contribution >= 0.6 is 0 Å². The van der Waals surface area contributed by atoms with Crippen LogP contribution in [-0.2, 0) is 9.74 Å². The Bertz CT molecular complexity index is 170. The normalized spacial score (nSPS) is 19.1. The average Bonchev–Trinajstić information content (AvgIpc) is 2.18. The second-order valence-corrected chi connectivity index (χ2v) is 3.20. The summed E-state index contributed by atoms with van der Waals surface area (Å²) in [6, 6.07) is 0.482. The van der Waals surface area contributed by atoms with E-state index in [1.807, 2.05) is 7.05 Å². The van der Waals surface area contributed by atoms with Gasteiger partial charge in [0.1, 0.15) is 0 Å². The molecule has 5 heteroatoms. The Hall–Kier alpha value is -0.680. The Balaban J connectivity index is 2.28. The van der Waals surface area contributed by atoms with Crippen molar-refractivity contribution >= 4 is 5.91 Å². The fourth-order valence-corrected chi connectivity index (χ4v) is 1.56. The van der Waals surface area contributed by atoms with E-state index in [-0.39, 0.29) is 5.91 Å². The predicted octanol–water partition coefficient (Wildman–Crippen LogP) is 0.0979. The number of hydrogen-bond acceptors (Lipinski definition) is 3. The highest BCUT2D eigenvalue weighted by atomic mass is 19.3. The van der Waals surface area contributed by atoms with E-state index >= 15 is 0 Å². The zero-order valence-electron chi connectivity index (χ0n) is 7.75. The van der Waals surface area contributed by atoms with Crippen molar-refractivity contribution in [1.82, 2.24) is 10.2 Å². The van der Waals surface area contributed by atoms with Gasteiger partial charge in [0.2, 0.25) is 0 Å². The average molecular weight is 190 g/mol. The molecule has 1 heterocycles. The molecule has 1 aliphatic rings. The maximum Gasteiger partial charge on any atom is 0.252 e. The summed E-state index contributed by atoms with van der Waals surface area (Å²) in [4.78, 5) is 16.1. The van der Waals surface area contributed by atoms with Crippen LogP contribution in [0.4, 0.5) is 4.53 Å². The van der Waals surface area contributed by atoms with Crippen molar-refractivity contribution in [2.45, 2.75) is 18.9 Å². The maximum absolute atomic E-state index is 11.4. The van der Waals surface area contributed by atoms with E-state index in [1.54, 1.807) is 4.90 Å². The molecule has 0 aromatic carbocycles. The lowest BCUT2D eigenvalue weighted by molar-refractivity contribution is -0.165. The van der Waals surface area contributed by atoms with Crippen LogP contribution in [0.15, 0.2) is 0 Å². The van der Waals surface area contributed by atoms with Crippen LogP contribution in [0, 0.1) is 0 Å². The molecule has 1 fully saturated rings. The quantitative estimate of drug-likeness (QED) is 0.686. The number of carbonyl (C=O) groups excluding carboxylic acids is 1. The van der Waals surface area contributed by atoms with Crippen LogP contribution in [-0.4, -0.2) is 43.6 Å². The SMILES string of the molecule is CNC1CCN(C(=O)COF)CC1. The Morgan fingerprint density at radius 3 is 2.69 bits per heavy atom. The summed E-state index contributed by atoms with van der Waals surface area (Å²) >= 11 is 0. The Morgan fingerprint density at radius 2 is 2.23 bits per heavy atom. The number of rotatable bonds is 3. The molecule has 1 saturated heterocycles. The number of halogens is 1. The molecular formula is C8H15FN2O2. The minimum Gasteiger partial charge on any atom is -0.340 e. The second kappa shape index (κ2) is 5.14. The number of piperidine rings is 1. The van der Waals surface area contributed by atoms with Crippen LogP contribution in [0.2, 0.25) is 0 Å². The number of nitrogens with zero attached hydrogens (tertiary/aromatic N) is 1. The van der Waals surface area contributed by atoms with E-state index in [0.717, 1.165) is 12.8 Å². The number of nitrogens with one attached hydrogen (secondary N) is 1. The first kappa shape index (κ1) is 10.4. The van der Waals surface area contributed by atoms with E-state index in [0.29, 0.717) is 19.1 Å². The van der Waals surface area contributed by atoms with Crippen molar-refractivity contribution in [2.75, 3.05) is 26.7 Å². The third-order valence-corrected chi connectivity index (χ3v) is 2.43. The van der Waals surface area contributed by atoms with Crippen molar-refractivity contribution in [2.24, 2.45) is 0 Å². The van der Waals surface area contributed by atoms with E-state index in [1.165, 1.54) is 0 Å². The molecule has 0 aromatic rings. The molecule has 0 unspecified atom stereocenters. The zero-order chi connectivity index (χ0) is 9.68. The highest BCUT2D eigenvalue weighted by Gasteiger charge is 2.21. The fourth-order valence-electron chi connectivity index (χ4n) is 1.56. The molecule has 0 aliphatic carbocycles. The highest BCUT2D eigenvalue weighted by Crippen LogP contribution is 2.09. The first-order valence-electron chi connectivity index (χ1n) is 4.46. The molecule has 1 rings (SSSR count). The van der Waals surface area contributed by atoms with Gasteiger partial charge in [-0.15, -0.1) is 0 Å². The molecule has 13 heavy (non-hydrogen) atoms. The molecular weight excluding hydrogens is 175 g/mol. The van der Waals surface area contributed by atoms with Gasteiger partial charge in [-0.3, -0.25) is 4.79 Å². The number of amides is 1. The highest BCUT2D eigenvalue weighted by molar-refractivity contribution is 5.77. The van der Waals surface area contributed by atoms with Crippen LogP contribution in [0.1, 0.15) is 12.8 Å². The fraction of sp³-hybridized carbons (Fsp3) is 0.875. The molecule has 1 aliphatic heterocycles. The summed E-state index contributed by atoms with van der Waals surface area (Å²) in [5.41, 5.74) is 0. The van der Waals surface area contributed by atoms with Gasteiger partial charge in [0.15, 0.2) is 6.61 Å². The minimum atomic E-state index is -0.454. The van der Waals surface area contributed by atoms with Gasteiger partial charge in [0, 0.05) is 19.1 Å². The van der Waals surface area contributed by atoms with Crippen molar-refractivity contribution in [3.63, 3.8) is 0 Å². The Morgan fingerprint density at radius 1 is 1.62 bits per heavy atom. The van der Waals surface area contributed by atoms with Gasteiger partial charge < -0.3 is 10.2 Å². The van der Waals surface area contributed by atoms with Gasteiger partial charge in [-0.05, 0) is 24.4 Å². The van der Waals surface area contributed by atoms with Crippen molar-refractivity contribution in [3.8, 4) is 0 Å². The summed E-state index contributed by atoms with van der Waals surface area (Å²) in [7, 11) is 1.91. The van der Waals surface area contributed by atoms with Gasteiger partial charge in [-0.2, -0.15) is 4.94 Å². The molecule has 0 atom stereocenters. The van der Waals surface area contributed by atoms with Crippen LogP contribution < -0.4 is 5.32 Å². The summed E-state index contributed by atoms with van der Waals surface area (Å²) in [6.45, 7) is 0.922. The lowest BCUT2D eigenvalue weighted by Gasteiger charge is -2.31. The lowest BCUT2D eigenvalue weighted by Crippen LogP contribution is -2.44. The number of carbonyl (C=O) groups is 1. The summed E-state index contributed by atoms with van der Waals surface area (Å²) in [5.74, 6) is -0.267. The van der Waals surface area contributed by atoms with Crippen LogP contribution in [0.5, 0.6) is 0 Å². The Kier molecular flexibility index (Phi) is 4.11. The summed E-state index contributed by atoms with van der Waals surface area (Å²) in [5, 5.41) is 3.15. The molecule has 0 saturated carbocycles. The zero-order valence-corrected chi connectivity index (χ0v) is 7.75. The smallest absolute Gasteiger partial charge is 0.252 e. The largest absolute Gasteiger partial charge is 0.340 e. The van der Waals surface area contributed by atoms with Crippen molar-refractivity contribution in [3.05, 3.63) is 0 Å². The Labute approximate surface area is 76.9 Å². The topological polar surface area (TPSA) is 41.6 Å². The number of hydrogen-bond donors (Lipinski definition) is 1. The van der Waals surface area contributed by atoms with E-state index in [4.69, 9.17) is 0 Å². The third-order valence-electron chi connectivity index (χ3n) is 2.43. The second-order valence-electron chi connectivity index (χ2n) is 3.20. The first-order valence-corrected chi connectivity index (χ1v) is 4.46. The summed E-state index contributed by atoms with van der Waals surface area (Å²) in [6.07, 6.45) is 1.85. The van der Waals surface area contributed by atoms with Gasteiger partial charge in [0.25, 0.3) is 5.91 Å². The lowest BCUT2D eigenvalue weighted by atomic mass is 10.1. The third kappa shape index (κ3) is 2.93. The van der Waals surface area contributed by atoms with Gasteiger partial charge in [-0.25, -0.2) is 0 Å². The summed E-state index contributed by atoms with van der Waals surface area (Å²) < 4.78 is 11.4. The minimum absolute atomic E-state index is 0.267. The van der Waals surface area contributed by atoms with Crippen molar-refractivity contribution in [1.29, 1.82) is 0 Å². The van der Waals surface area contributed by atoms with Gasteiger partial charge in [-0.1, -0.05) is 0 Å². The van der Waals surface area contributed by atoms with Crippen LogP contribution in [0.3, 0.4) is 0 Å². The van der Waals surface area contributed by atoms with Gasteiger partial charge >= 0.3 is 0 Å². The molecule has 4 nitrogen and oxygen atoms in total. The molecule has 1 N–H and O–H groups in total. The molecule has 0 radical (unpaired) electrons. The maximum atomic E-state index is 11.4. The van der Waals surface area contributed by atoms with E-state index in [9.17, 15) is 9.32 Å². The van der Waals surface area contributed by atoms with E-state index < -0.39 is 6.61 Å². The van der Waals surface area contributed by atoms with E-state index in [2.05, 4.69) is 10.3 Å². The molecule has 0 spiro atoms. The molecule has 0 aromatic heterocycles. The number of likely N-dealkylation sites (tertiary alicyclic amines) is 1. The van der Waals surface area contributed by atoms with Gasteiger partial charge in [0.05, 0.1) is 0 Å². The molecule has 1 amide bonds. The van der Waals surface area contributed by atoms with Crippen LogP contribution in [0.25, 0.3) is 0 Å².